The molecule has 2 atom stereocenters. The van der Waals surface area contributed by atoms with Gasteiger partial charge in [0.2, 0.25) is 5.91 Å². The van der Waals surface area contributed by atoms with Crippen molar-refractivity contribution in [3.63, 3.8) is 0 Å². The zero-order chi connectivity index (χ0) is 22.0. The molecule has 3 aromatic carbocycles. The maximum atomic E-state index is 13.4. The van der Waals surface area contributed by atoms with Gasteiger partial charge in [-0.3, -0.25) is 4.79 Å². The molecule has 0 N–H and O–H groups in total. The van der Waals surface area contributed by atoms with Crippen LogP contribution in [0.15, 0.2) is 84.9 Å². The summed E-state index contributed by atoms with van der Waals surface area (Å²) >= 11 is 2.04. The third-order valence-corrected chi connectivity index (χ3v) is 8.54. The average molecular weight is 444 g/mol. The van der Waals surface area contributed by atoms with E-state index in [2.05, 4.69) is 65.6 Å². The summed E-state index contributed by atoms with van der Waals surface area (Å²) in [6.07, 6.45) is 1.49. The Balaban J connectivity index is 1.47. The Morgan fingerprint density at radius 1 is 0.938 bits per heavy atom. The standard InChI is InChI=1S/C28H29NO2S/c1-31-25-15-9-8-10-21(25)18-27(30)29-19-24-26(20-29)32-17-16-28(24,22-11-4-2-5-12-22)23-13-6-3-7-14-23/h2-15,24,26H,16-20H2,1H3. The van der Waals surface area contributed by atoms with Crippen LogP contribution in [0.3, 0.4) is 0 Å². The molecule has 32 heavy (non-hydrogen) atoms. The smallest absolute Gasteiger partial charge is 0.227 e. The number of likely N-dealkylation sites (tertiary alicyclic amines) is 1. The van der Waals surface area contributed by atoms with E-state index in [1.807, 2.05) is 36.0 Å². The van der Waals surface area contributed by atoms with E-state index in [1.54, 1.807) is 7.11 Å². The number of carbonyl (C=O) groups excluding carboxylic acids is 1. The highest BCUT2D eigenvalue weighted by Gasteiger charge is 2.52. The summed E-state index contributed by atoms with van der Waals surface area (Å²) in [7, 11) is 1.67. The minimum atomic E-state index is -0.0576. The second kappa shape index (κ2) is 9.03. The molecule has 3 nitrogen and oxygen atoms in total. The van der Waals surface area contributed by atoms with Crippen molar-refractivity contribution in [2.45, 2.75) is 23.5 Å². The van der Waals surface area contributed by atoms with Gasteiger partial charge in [-0.05, 0) is 29.4 Å². The molecule has 164 valence electrons. The predicted octanol–water partition coefficient (Wildman–Crippen LogP) is 5.19. The third-order valence-electron chi connectivity index (χ3n) is 7.19. The lowest BCUT2D eigenvalue weighted by Crippen LogP contribution is -2.45. The largest absolute Gasteiger partial charge is 0.496 e. The molecule has 0 spiro atoms. The Kier molecular flexibility index (Phi) is 5.97. The summed E-state index contributed by atoms with van der Waals surface area (Å²) < 4.78 is 5.48. The number of rotatable bonds is 5. The number of amides is 1. The minimum absolute atomic E-state index is 0.0576. The summed E-state index contributed by atoms with van der Waals surface area (Å²) in [5.41, 5.74) is 3.65. The first-order chi connectivity index (χ1) is 15.7. The molecule has 2 heterocycles. The van der Waals surface area contributed by atoms with E-state index in [-0.39, 0.29) is 11.3 Å². The zero-order valence-electron chi connectivity index (χ0n) is 18.4. The molecule has 4 heteroatoms. The van der Waals surface area contributed by atoms with E-state index >= 15 is 0 Å². The van der Waals surface area contributed by atoms with E-state index in [4.69, 9.17) is 4.74 Å². The third kappa shape index (κ3) is 3.71. The van der Waals surface area contributed by atoms with Crippen molar-refractivity contribution in [2.75, 3.05) is 26.0 Å². The van der Waals surface area contributed by atoms with Gasteiger partial charge in [0.25, 0.3) is 0 Å². The van der Waals surface area contributed by atoms with E-state index < -0.39 is 0 Å². The maximum Gasteiger partial charge on any atom is 0.227 e. The number of para-hydroxylation sites is 1. The van der Waals surface area contributed by atoms with Crippen LogP contribution in [-0.4, -0.2) is 42.0 Å². The van der Waals surface area contributed by atoms with Gasteiger partial charge in [-0.25, -0.2) is 0 Å². The number of carbonyl (C=O) groups is 1. The van der Waals surface area contributed by atoms with Gasteiger partial charge in [0.1, 0.15) is 5.75 Å². The lowest BCUT2D eigenvalue weighted by Gasteiger charge is -2.46. The van der Waals surface area contributed by atoms with Gasteiger partial charge >= 0.3 is 0 Å². The second-order valence-electron chi connectivity index (χ2n) is 8.76. The Bertz CT molecular complexity index is 1030. The number of methoxy groups -OCH3 is 1. The molecule has 0 bridgehead atoms. The predicted molar refractivity (Wildman–Crippen MR) is 131 cm³/mol. The molecule has 1 amide bonds. The first-order valence-electron chi connectivity index (χ1n) is 11.3. The molecule has 2 saturated heterocycles. The van der Waals surface area contributed by atoms with Crippen LogP contribution in [0.5, 0.6) is 5.75 Å². The summed E-state index contributed by atoms with van der Waals surface area (Å²) in [5, 5.41) is 0.450. The quantitative estimate of drug-likeness (QED) is 0.544. The Hall–Kier alpha value is -2.72. The number of hydrogen-bond acceptors (Lipinski definition) is 3. The number of hydrogen-bond donors (Lipinski definition) is 0. The van der Waals surface area contributed by atoms with E-state index in [9.17, 15) is 4.79 Å². The fourth-order valence-electron chi connectivity index (χ4n) is 5.65. The van der Waals surface area contributed by atoms with Gasteiger partial charge in [-0.1, -0.05) is 78.9 Å². The highest BCUT2D eigenvalue weighted by atomic mass is 32.2. The van der Waals surface area contributed by atoms with E-state index in [0.29, 0.717) is 17.6 Å². The van der Waals surface area contributed by atoms with Crippen molar-refractivity contribution in [2.24, 2.45) is 5.92 Å². The Labute approximate surface area is 194 Å². The molecule has 3 aromatic rings. The molecule has 2 aliphatic rings. The summed E-state index contributed by atoms with van der Waals surface area (Å²) in [4.78, 5) is 15.5. The molecule has 2 aliphatic heterocycles. The van der Waals surface area contributed by atoms with Crippen molar-refractivity contribution in [3.05, 3.63) is 102 Å². The molecule has 0 aliphatic carbocycles. The molecule has 0 aromatic heterocycles. The Morgan fingerprint density at radius 3 is 2.22 bits per heavy atom. The monoisotopic (exact) mass is 443 g/mol. The highest BCUT2D eigenvalue weighted by molar-refractivity contribution is 8.00. The lowest BCUT2D eigenvalue weighted by atomic mass is 9.63. The zero-order valence-corrected chi connectivity index (χ0v) is 19.3. The number of ether oxygens (including phenoxy) is 1. The first kappa shape index (κ1) is 21.1. The topological polar surface area (TPSA) is 29.5 Å². The van der Waals surface area contributed by atoms with Crippen LogP contribution in [0.4, 0.5) is 0 Å². The van der Waals surface area contributed by atoms with Crippen LogP contribution >= 0.6 is 11.8 Å². The van der Waals surface area contributed by atoms with Crippen molar-refractivity contribution in [1.29, 1.82) is 0 Å². The van der Waals surface area contributed by atoms with Gasteiger partial charge in [-0.2, -0.15) is 11.8 Å². The minimum Gasteiger partial charge on any atom is -0.496 e. The van der Waals surface area contributed by atoms with Gasteiger partial charge in [0.05, 0.1) is 13.5 Å². The van der Waals surface area contributed by atoms with Crippen molar-refractivity contribution in [3.8, 4) is 5.75 Å². The molecule has 0 saturated carbocycles. The fourth-order valence-corrected chi connectivity index (χ4v) is 7.23. The fraction of sp³-hybridized carbons (Fsp3) is 0.321. The van der Waals surface area contributed by atoms with Crippen LogP contribution in [0.1, 0.15) is 23.1 Å². The van der Waals surface area contributed by atoms with Crippen LogP contribution in [0.2, 0.25) is 0 Å². The first-order valence-corrected chi connectivity index (χ1v) is 12.4. The highest BCUT2D eigenvalue weighted by Crippen LogP contribution is 2.53. The van der Waals surface area contributed by atoms with Gasteiger partial charge < -0.3 is 9.64 Å². The van der Waals surface area contributed by atoms with Crippen molar-refractivity contribution < 1.29 is 9.53 Å². The van der Waals surface area contributed by atoms with Gasteiger partial charge in [0.15, 0.2) is 0 Å². The van der Waals surface area contributed by atoms with Crippen LogP contribution < -0.4 is 4.74 Å². The summed E-state index contributed by atoms with van der Waals surface area (Å²) in [6, 6.07) is 29.7. The van der Waals surface area contributed by atoms with Gasteiger partial charge in [0, 0.05) is 35.2 Å². The molecular formula is C28H29NO2S. The van der Waals surface area contributed by atoms with Gasteiger partial charge in [-0.15, -0.1) is 0 Å². The number of benzene rings is 3. The maximum absolute atomic E-state index is 13.4. The molecule has 0 radical (unpaired) electrons. The average Bonchev–Trinajstić information content (AvgIpc) is 3.31. The second-order valence-corrected chi connectivity index (χ2v) is 10.1. The lowest BCUT2D eigenvalue weighted by molar-refractivity contribution is -0.129. The molecule has 2 fully saturated rings. The number of nitrogens with zero attached hydrogens (tertiary/aromatic N) is 1. The van der Waals surface area contributed by atoms with Crippen molar-refractivity contribution in [1.82, 2.24) is 4.90 Å². The summed E-state index contributed by atoms with van der Waals surface area (Å²) in [5.74, 6) is 2.49. The normalized spacial score (nSPS) is 21.7. The van der Waals surface area contributed by atoms with Crippen LogP contribution in [0.25, 0.3) is 0 Å². The van der Waals surface area contributed by atoms with Crippen LogP contribution in [-0.2, 0) is 16.6 Å². The molecular weight excluding hydrogens is 414 g/mol. The van der Waals surface area contributed by atoms with E-state index in [1.165, 1.54) is 11.1 Å². The summed E-state index contributed by atoms with van der Waals surface area (Å²) in [6.45, 7) is 1.63. The molecule has 5 rings (SSSR count). The number of fused-ring (bicyclic) bond motifs is 1. The van der Waals surface area contributed by atoms with Crippen molar-refractivity contribution >= 4 is 17.7 Å². The SMILES string of the molecule is COc1ccccc1CC(=O)N1CC2SCCC(c3ccccc3)(c3ccccc3)C2C1. The number of thioether (sulfide) groups is 1. The molecule has 2 unspecified atom stereocenters. The van der Waals surface area contributed by atoms with E-state index in [0.717, 1.165) is 36.6 Å². The van der Waals surface area contributed by atoms with Crippen LogP contribution in [0, 0.1) is 5.92 Å². The Morgan fingerprint density at radius 2 is 1.56 bits per heavy atom.